The molecule has 1 fully saturated rings. The largest absolute Gasteiger partial charge is 0.337 e. The molecule has 1 aromatic heterocycles. The zero-order valence-electron chi connectivity index (χ0n) is 10.9. The lowest BCUT2D eigenvalue weighted by Gasteiger charge is -2.31. The molecule has 0 atom stereocenters. The summed E-state index contributed by atoms with van der Waals surface area (Å²) in [4.78, 5) is 6.66. The van der Waals surface area contributed by atoms with Crippen molar-refractivity contribution in [2.24, 2.45) is 5.84 Å². The van der Waals surface area contributed by atoms with Gasteiger partial charge in [-0.05, 0) is 12.1 Å². The van der Waals surface area contributed by atoms with Gasteiger partial charge in [-0.3, -0.25) is 5.84 Å². The van der Waals surface area contributed by atoms with Crippen molar-refractivity contribution in [3.05, 3.63) is 35.5 Å². The monoisotopic (exact) mass is 290 g/mol. The quantitative estimate of drug-likeness (QED) is 0.838. The van der Waals surface area contributed by atoms with Gasteiger partial charge in [-0.25, -0.2) is 9.99 Å². The highest BCUT2D eigenvalue weighted by Gasteiger charge is 2.17. The fourth-order valence-corrected chi connectivity index (χ4v) is 2.24. The molecule has 2 N–H and O–H groups in total. The van der Waals surface area contributed by atoms with Gasteiger partial charge in [-0.15, -0.1) is 5.10 Å². The van der Waals surface area contributed by atoms with Crippen LogP contribution in [0.2, 0.25) is 5.02 Å². The Morgan fingerprint density at radius 2 is 1.75 bits per heavy atom. The molecule has 2 aromatic rings. The number of anilines is 1. The molecular weight excluding hydrogens is 276 g/mol. The lowest BCUT2D eigenvalue weighted by Crippen LogP contribution is -2.50. The summed E-state index contributed by atoms with van der Waals surface area (Å²) in [5.41, 5.74) is 1.77. The predicted molar refractivity (Wildman–Crippen MR) is 78.2 cm³/mol. The number of piperazine rings is 1. The Kier molecular flexibility index (Phi) is 3.77. The third-order valence-corrected chi connectivity index (χ3v) is 3.54. The minimum atomic E-state index is 0.644. The molecule has 6 nitrogen and oxygen atoms in total. The first-order valence-electron chi connectivity index (χ1n) is 6.42. The van der Waals surface area contributed by atoms with Crippen molar-refractivity contribution in [2.45, 2.75) is 0 Å². The van der Waals surface area contributed by atoms with Crippen LogP contribution in [0.3, 0.4) is 0 Å². The van der Waals surface area contributed by atoms with Crippen LogP contribution in [0.25, 0.3) is 11.3 Å². The zero-order valence-corrected chi connectivity index (χ0v) is 11.7. The first-order chi connectivity index (χ1) is 9.72. The lowest BCUT2D eigenvalue weighted by atomic mass is 10.2. The Morgan fingerprint density at radius 1 is 1.05 bits per heavy atom. The van der Waals surface area contributed by atoms with Crippen LogP contribution >= 0.6 is 11.6 Å². The molecule has 0 aliphatic carbocycles. The van der Waals surface area contributed by atoms with Crippen LogP contribution in [0.1, 0.15) is 0 Å². The fraction of sp³-hybridized carbons (Fsp3) is 0.308. The summed E-state index contributed by atoms with van der Waals surface area (Å²) >= 11 is 5.89. The second-order valence-electron chi connectivity index (χ2n) is 4.67. The van der Waals surface area contributed by atoms with Crippen LogP contribution in [0.4, 0.5) is 5.95 Å². The van der Waals surface area contributed by atoms with Crippen molar-refractivity contribution in [2.75, 3.05) is 31.1 Å². The van der Waals surface area contributed by atoms with E-state index in [4.69, 9.17) is 17.4 Å². The summed E-state index contributed by atoms with van der Waals surface area (Å²) < 4.78 is 0. The maximum absolute atomic E-state index is 5.89. The average Bonchev–Trinajstić information content (AvgIpc) is 2.49. The second-order valence-corrected chi connectivity index (χ2v) is 5.11. The Bertz CT molecular complexity index is 580. The summed E-state index contributed by atoms with van der Waals surface area (Å²) in [6.07, 6.45) is 1.66. The van der Waals surface area contributed by atoms with Gasteiger partial charge >= 0.3 is 0 Å². The number of aromatic nitrogens is 3. The molecule has 0 spiro atoms. The van der Waals surface area contributed by atoms with Gasteiger partial charge in [0.1, 0.15) is 0 Å². The Morgan fingerprint density at radius 3 is 2.45 bits per heavy atom. The van der Waals surface area contributed by atoms with Gasteiger partial charge in [0.2, 0.25) is 5.95 Å². The average molecular weight is 291 g/mol. The Balaban J connectivity index is 1.84. The topological polar surface area (TPSA) is 71.2 Å². The number of rotatable bonds is 2. The van der Waals surface area contributed by atoms with Crippen molar-refractivity contribution in [1.82, 2.24) is 20.2 Å². The second kappa shape index (κ2) is 5.70. The summed E-state index contributed by atoms with van der Waals surface area (Å²) in [5, 5.41) is 10.7. The highest BCUT2D eigenvalue weighted by Crippen LogP contribution is 2.20. The predicted octanol–water partition coefficient (Wildman–Crippen LogP) is 1.19. The molecule has 7 heteroatoms. The SMILES string of the molecule is NN1CCN(c2nncc(-c3ccc(Cl)cc3)n2)CC1. The first kappa shape index (κ1) is 13.2. The van der Waals surface area contributed by atoms with E-state index in [1.165, 1.54) is 0 Å². The maximum atomic E-state index is 5.89. The summed E-state index contributed by atoms with van der Waals surface area (Å²) in [6, 6.07) is 7.53. The highest BCUT2D eigenvalue weighted by atomic mass is 35.5. The molecule has 0 radical (unpaired) electrons. The molecule has 0 bridgehead atoms. The van der Waals surface area contributed by atoms with E-state index in [1.54, 1.807) is 11.2 Å². The smallest absolute Gasteiger partial charge is 0.245 e. The minimum Gasteiger partial charge on any atom is -0.337 e. The van der Waals surface area contributed by atoms with Gasteiger partial charge < -0.3 is 4.90 Å². The zero-order chi connectivity index (χ0) is 13.9. The van der Waals surface area contributed by atoms with Crippen LogP contribution in [0, 0.1) is 0 Å². The number of hydrazine groups is 1. The van der Waals surface area contributed by atoms with Gasteiger partial charge in [0, 0.05) is 36.8 Å². The molecule has 0 unspecified atom stereocenters. The molecule has 104 valence electrons. The van der Waals surface area contributed by atoms with Crippen LogP contribution < -0.4 is 10.7 Å². The summed E-state index contributed by atoms with van der Waals surface area (Å²) in [7, 11) is 0. The summed E-state index contributed by atoms with van der Waals surface area (Å²) in [6.45, 7) is 3.22. The van der Waals surface area contributed by atoms with Gasteiger partial charge in [0.25, 0.3) is 0 Å². The molecule has 0 amide bonds. The number of nitrogens with zero attached hydrogens (tertiary/aromatic N) is 5. The van der Waals surface area contributed by atoms with E-state index in [0.717, 1.165) is 37.4 Å². The standard InChI is InChI=1S/C13H15ClN6/c14-11-3-1-10(2-4-11)12-9-16-18-13(17-12)19-5-7-20(15)8-6-19/h1-4,9H,5-8,15H2. The van der Waals surface area contributed by atoms with E-state index >= 15 is 0 Å². The van der Waals surface area contributed by atoms with E-state index < -0.39 is 0 Å². The molecule has 1 saturated heterocycles. The normalized spacial score (nSPS) is 16.4. The number of hydrogen-bond acceptors (Lipinski definition) is 6. The van der Waals surface area contributed by atoms with Crippen molar-refractivity contribution in [1.29, 1.82) is 0 Å². The molecular formula is C13H15ClN6. The van der Waals surface area contributed by atoms with Crippen LogP contribution in [0.5, 0.6) is 0 Å². The lowest BCUT2D eigenvalue weighted by molar-refractivity contribution is 0.264. The van der Waals surface area contributed by atoms with Gasteiger partial charge in [-0.2, -0.15) is 5.10 Å². The van der Waals surface area contributed by atoms with Crippen molar-refractivity contribution in [3.8, 4) is 11.3 Å². The molecule has 1 aliphatic rings. The van der Waals surface area contributed by atoms with E-state index in [0.29, 0.717) is 11.0 Å². The maximum Gasteiger partial charge on any atom is 0.245 e. The van der Waals surface area contributed by atoms with Crippen LogP contribution in [-0.4, -0.2) is 46.4 Å². The fourth-order valence-electron chi connectivity index (χ4n) is 2.11. The number of hydrogen-bond donors (Lipinski definition) is 1. The number of benzene rings is 1. The minimum absolute atomic E-state index is 0.644. The van der Waals surface area contributed by atoms with Gasteiger partial charge in [0.15, 0.2) is 0 Å². The van der Waals surface area contributed by atoms with Gasteiger partial charge in [-0.1, -0.05) is 23.7 Å². The Labute approximate surface area is 122 Å². The molecule has 3 rings (SSSR count). The van der Waals surface area contributed by atoms with Crippen molar-refractivity contribution in [3.63, 3.8) is 0 Å². The van der Waals surface area contributed by atoms with E-state index in [1.807, 2.05) is 24.3 Å². The Hall–Kier alpha value is -1.76. The molecule has 2 heterocycles. The molecule has 20 heavy (non-hydrogen) atoms. The molecule has 1 aromatic carbocycles. The van der Waals surface area contributed by atoms with E-state index in [9.17, 15) is 0 Å². The van der Waals surface area contributed by atoms with Crippen molar-refractivity contribution >= 4 is 17.5 Å². The summed E-state index contributed by atoms with van der Waals surface area (Å²) in [5.74, 6) is 6.39. The third kappa shape index (κ3) is 2.87. The number of halogens is 1. The van der Waals surface area contributed by atoms with Gasteiger partial charge in [0.05, 0.1) is 11.9 Å². The van der Waals surface area contributed by atoms with Crippen LogP contribution in [0.15, 0.2) is 30.5 Å². The molecule has 0 saturated carbocycles. The molecule has 1 aliphatic heterocycles. The first-order valence-corrected chi connectivity index (χ1v) is 6.80. The van der Waals surface area contributed by atoms with Crippen LogP contribution in [-0.2, 0) is 0 Å². The third-order valence-electron chi connectivity index (χ3n) is 3.28. The van der Waals surface area contributed by atoms with Crippen molar-refractivity contribution < 1.29 is 0 Å². The van der Waals surface area contributed by atoms with E-state index in [2.05, 4.69) is 20.1 Å². The highest BCUT2D eigenvalue weighted by molar-refractivity contribution is 6.30. The number of nitrogens with two attached hydrogens (primary N) is 1. The van der Waals surface area contributed by atoms with E-state index in [-0.39, 0.29) is 0 Å².